The maximum atomic E-state index is 12.0. The summed E-state index contributed by atoms with van der Waals surface area (Å²) in [5.41, 5.74) is 0.968. The van der Waals surface area contributed by atoms with Crippen LogP contribution in [0, 0.1) is 13.8 Å². The maximum absolute atomic E-state index is 12.0. The quantitative estimate of drug-likeness (QED) is 0.795. The number of sulfonamides is 1. The van der Waals surface area contributed by atoms with Crippen molar-refractivity contribution < 1.29 is 13.3 Å². The van der Waals surface area contributed by atoms with Crippen LogP contribution in [-0.4, -0.2) is 24.7 Å². The molecular formula is C10H17N3O3S. The summed E-state index contributed by atoms with van der Waals surface area (Å²) in [5.74, 6) is 0. The van der Waals surface area contributed by atoms with Gasteiger partial charge in [-0.1, -0.05) is 17.7 Å². The van der Waals surface area contributed by atoms with E-state index in [2.05, 4.69) is 15.1 Å². The molecule has 1 aromatic heterocycles. The minimum atomic E-state index is -3.63. The summed E-state index contributed by atoms with van der Waals surface area (Å²) in [4.78, 5) is 7.60. The van der Waals surface area contributed by atoms with E-state index < -0.39 is 10.0 Å². The van der Waals surface area contributed by atoms with E-state index in [9.17, 15) is 8.42 Å². The smallest absolute Gasteiger partial charge is 0.266 e. The molecule has 7 heteroatoms. The van der Waals surface area contributed by atoms with Crippen LogP contribution >= 0.6 is 0 Å². The van der Waals surface area contributed by atoms with Gasteiger partial charge < -0.3 is 0 Å². The summed E-state index contributed by atoms with van der Waals surface area (Å²) < 4.78 is 24.0. The predicted molar refractivity (Wildman–Crippen MR) is 61.7 cm³/mol. The number of rotatable bonds is 4. The van der Waals surface area contributed by atoms with Crippen molar-refractivity contribution in [3.63, 3.8) is 0 Å². The van der Waals surface area contributed by atoms with Crippen molar-refractivity contribution in [2.45, 2.75) is 50.5 Å². The summed E-state index contributed by atoms with van der Waals surface area (Å²) in [5, 5.41) is 6.51. The van der Waals surface area contributed by atoms with Crippen LogP contribution in [0.3, 0.4) is 0 Å². The molecule has 0 saturated heterocycles. The zero-order valence-electron chi connectivity index (χ0n) is 9.99. The number of H-pyrrole nitrogens is 1. The second-order valence-corrected chi connectivity index (χ2v) is 5.96. The molecule has 0 aromatic carbocycles. The van der Waals surface area contributed by atoms with Gasteiger partial charge in [-0.25, -0.2) is 8.42 Å². The Morgan fingerprint density at radius 1 is 1.35 bits per heavy atom. The highest BCUT2D eigenvalue weighted by Crippen LogP contribution is 2.21. The molecule has 1 aromatic rings. The fraction of sp³-hybridized carbons (Fsp3) is 0.700. The molecule has 17 heavy (non-hydrogen) atoms. The summed E-state index contributed by atoms with van der Waals surface area (Å²) in [6, 6.07) is 0. The average Bonchev–Trinajstić information content (AvgIpc) is 2.86. The second-order valence-electron chi connectivity index (χ2n) is 4.37. The van der Waals surface area contributed by atoms with E-state index in [1.165, 1.54) is 0 Å². The van der Waals surface area contributed by atoms with Crippen molar-refractivity contribution in [1.29, 1.82) is 0 Å². The van der Waals surface area contributed by atoms with E-state index in [0.29, 0.717) is 11.4 Å². The van der Waals surface area contributed by atoms with E-state index in [1.54, 1.807) is 13.8 Å². The van der Waals surface area contributed by atoms with Crippen molar-refractivity contribution in [2.24, 2.45) is 0 Å². The molecule has 0 radical (unpaired) electrons. The number of nitrogens with one attached hydrogen (secondary N) is 2. The Morgan fingerprint density at radius 3 is 2.53 bits per heavy atom. The van der Waals surface area contributed by atoms with Gasteiger partial charge in [0.25, 0.3) is 10.0 Å². The first kappa shape index (κ1) is 12.5. The van der Waals surface area contributed by atoms with Crippen molar-refractivity contribution in [1.82, 2.24) is 15.1 Å². The zero-order valence-corrected chi connectivity index (χ0v) is 10.8. The predicted octanol–water partition coefficient (Wildman–Crippen LogP) is 1.18. The molecule has 0 bridgehead atoms. The maximum Gasteiger partial charge on any atom is 0.266 e. The first-order valence-corrected chi connectivity index (χ1v) is 7.18. The fourth-order valence-corrected chi connectivity index (χ4v) is 3.35. The highest BCUT2D eigenvalue weighted by molar-refractivity contribution is 7.89. The average molecular weight is 259 g/mol. The SMILES string of the molecule is Cc1n[nH]c(C)c1S(=O)(=O)NOC1CCCC1. The highest BCUT2D eigenvalue weighted by atomic mass is 32.2. The largest absolute Gasteiger partial charge is 0.284 e. The van der Waals surface area contributed by atoms with Crippen molar-refractivity contribution in [2.75, 3.05) is 0 Å². The molecule has 1 aliphatic carbocycles. The minimum Gasteiger partial charge on any atom is -0.284 e. The molecule has 0 spiro atoms. The molecular weight excluding hydrogens is 242 g/mol. The lowest BCUT2D eigenvalue weighted by Gasteiger charge is -2.11. The van der Waals surface area contributed by atoms with Crippen LogP contribution in [0.5, 0.6) is 0 Å². The molecule has 2 N–H and O–H groups in total. The van der Waals surface area contributed by atoms with Crippen molar-refractivity contribution in [3.05, 3.63) is 11.4 Å². The van der Waals surface area contributed by atoms with Gasteiger partial charge in [-0.05, 0) is 26.7 Å². The number of aromatic nitrogens is 2. The Morgan fingerprint density at radius 2 is 2.00 bits per heavy atom. The van der Waals surface area contributed by atoms with Crippen LogP contribution in [0.15, 0.2) is 4.90 Å². The zero-order chi connectivity index (χ0) is 12.5. The molecule has 2 rings (SSSR count). The molecule has 1 fully saturated rings. The van der Waals surface area contributed by atoms with Gasteiger partial charge >= 0.3 is 0 Å². The normalized spacial score (nSPS) is 17.8. The molecule has 0 atom stereocenters. The lowest BCUT2D eigenvalue weighted by atomic mass is 10.3. The van der Waals surface area contributed by atoms with Gasteiger partial charge in [0.05, 0.1) is 17.5 Å². The van der Waals surface area contributed by atoms with Crippen LogP contribution in [0.25, 0.3) is 0 Å². The third kappa shape index (κ3) is 2.67. The number of aromatic amines is 1. The molecule has 0 aliphatic heterocycles. The Labute approximate surface area is 101 Å². The van der Waals surface area contributed by atoms with Gasteiger partial charge in [0, 0.05) is 0 Å². The van der Waals surface area contributed by atoms with Gasteiger partial charge in [-0.3, -0.25) is 9.94 Å². The Kier molecular flexibility index (Phi) is 3.50. The first-order valence-electron chi connectivity index (χ1n) is 5.70. The summed E-state index contributed by atoms with van der Waals surface area (Å²) in [6.07, 6.45) is 4.00. The van der Waals surface area contributed by atoms with Gasteiger partial charge in [-0.15, -0.1) is 0 Å². The van der Waals surface area contributed by atoms with E-state index in [4.69, 9.17) is 4.84 Å². The van der Waals surface area contributed by atoms with Crippen LogP contribution < -0.4 is 4.89 Å². The second kappa shape index (κ2) is 4.75. The summed E-state index contributed by atoms with van der Waals surface area (Å²) in [7, 11) is -3.63. The molecule has 1 aliphatic rings. The Hall–Kier alpha value is -0.920. The molecule has 1 heterocycles. The standard InChI is InChI=1S/C10H17N3O3S/c1-7-10(8(2)12-11-7)17(14,15)13-16-9-5-3-4-6-9/h9,13H,3-6H2,1-2H3,(H,11,12). The van der Waals surface area contributed by atoms with Crippen LogP contribution in [0.2, 0.25) is 0 Å². The summed E-state index contributed by atoms with van der Waals surface area (Å²) >= 11 is 0. The summed E-state index contributed by atoms with van der Waals surface area (Å²) in [6.45, 7) is 3.32. The monoisotopic (exact) mass is 259 g/mol. The van der Waals surface area contributed by atoms with Crippen LogP contribution in [-0.2, 0) is 14.9 Å². The molecule has 0 unspecified atom stereocenters. The van der Waals surface area contributed by atoms with E-state index in [-0.39, 0.29) is 11.0 Å². The van der Waals surface area contributed by atoms with E-state index in [1.807, 2.05) is 0 Å². The topological polar surface area (TPSA) is 84.1 Å². The third-order valence-corrected chi connectivity index (χ3v) is 4.41. The van der Waals surface area contributed by atoms with Gasteiger partial charge in [0.15, 0.2) is 0 Å². The molecule has 96 valence electrons. The molecule has 6 nitrogen and oxygen atoms in total. The minimum absolute atomic E-state index is 0.00251. The third-order valence-electron chi connectivity index (χ3n) is 2.96. The lowest BCUT2D eigenvalue weighted by Crippen LogP contribution is -2.29. The van der Waals surface area contributed by atoms with Crippen LogP contribution in [0.4, 0.5) is 0 Å². The fourth-order valence-electron chi connectivity index (χ4n) is 2.12. The number of hydrogen-bond acceptors (Lipinski definition) is 4. The number of hydrogen-bond donors (Lipinski definition) is 2. The van der Waals surface area contributed by atoms with Gasteiger partial charge in [0.1, 0.15) is 4.90 Å². The Bertz CT molecular complexity index is 469. The molecule has 0 amide bonds. The Balaban J connectivity index is 2.08. The van der Waals surface area contributed by atoms with E-state index in [0.717, 1.165) is 25.7 Å². The molecule has 1 saturated carbocycles. The highest BCUT2D eigenvalue weighted by Gasteiger charge is 2.25. The van der Waals surface area contributed by atoms with Crippen molar-refractivity contribution >= 4 is 10.0 Å². The van der Waals surface area contributed by atoms with Crippen molar-refractivity contribution in [3.8, 4) is 0 Å². The lowest BCUT2D eigenvalue weighted by molar-refractivity contribution is 0.0223. The van der Waals surface area contributed by atoms with E-state index >= 15 is 0 Å². The number of nitrogens with zero attached hydrogens (tertiary/aromatic N) is 1. The van der Waals surface area contributed by atoms with Gasteiger partial charge in [-0.2, -0.15) is 5.10 Å². The first-order chi connectivity index (χ1) is 8.00. The van der Waals surface area contributed by atoms with Crippen LogP contribution in [0.1, 0.15) is 37.1 Å². The van der Waals surface area contributed by atoms with Gasteiger partial charge in [0.2, 0.25) is 0 Å². The number of aryl methyl sites for hydroxylation is 2.